The molecular formula is C37H33NO7. The van der Waals surface area contributed by atoms with E-state index in [0.29, 0.717) is 53.4 Å². The largest absolute Gasteiger partial charge is 0.503 e. The average Bonchev–Trinajstić information content (AvgIpc) is 3.62. The van der Waals surface area contributed by atoms with Crippen LogP contribution in [0.3, 0.4) is 0 Å². The number of aliphatic hydroxyl groups is 1. The molecule has 1 unspecified atom stereocenters. The number of carbonyl (C=O) groups is 2. The minimum Gasteiger partial charge on any atom is -0.503 e. The summed E-state index contributed by atoms with van der Waals surface area (Å²) in [6.45, 7) is 2.85. The number of amides is 1. The molecule has 45 heavy (non-hydrogen) atoms. The highest BCUT2D eigenvalue weighted by Crippen LogP contribution is 2.43. The van der Waals surface area contributed by atoms with Crippen molar-refractivity contribution in [3.63, 3.8) is 0 Å². The first-order valence-electron chi connectivity index (χ1n) is 14.8. The van der Waals surface area contributed by atoms with E-state index in [0.717, 1.165) is 11.1 Å². The molecule has 0 radical (unpaired) electrons. The van der Waals surface area contributed by atoms with Crippen molar-refractivity contribution in [3.8, 4) is 17.2 Å². The lowest BCUT2D eigenvalue weighted by molar-refractivity contribution is -0.129. The van der Waals surface area contributed by atoms with Crippen LogP contribution in [0.15, 0.2) is 119 Å². The van der Waals surface area contributed by atoms with E-state index in [-0.39, 0.29) is 17.9 Å². The van der Waals surface area contributed by atoms with Gasteiger partial charge in [0.1, 0.15) is 6.61 Å². The number of Topliss-reactive ketones (excluding diaryl/α,β-unsaturated/α-hetero) is 1. The van der Waals surface area contributed by atoms with Gasteiger partial charge in [-0.15, -0.1) is 0 Å². The molecular weight excluding hydrogens is 570 g/mol. The van der Waals surface area contributed by atoms with Crippen LogP contribution in [0.1, 0.15) is 40.2 Å². The number of hydrogen-bond donors (Lipinski definition) is 1. The highest BCUT2D eigenvalue weighted by atomic mass is 16.5. The molecule has 0 aliphatic carbocycles. The molecule has 4 aromatic carbocycles. The Morgan fingerprint density at radius 1 is 0.844 bits per heavy atom. The average molecular weight is 604 g/mol. The monoisotopic (exact) mass is 603 g/mol. The molecule has 1 aliphatic rings. The molecule has 0 saturated heterocycles. The molecule has 1 amide bonds. The number of rotatable bonds is 12. The van der Waals surface area contributed by atoms with E-state index in [9.17, 15) is 14.7 Å². The van der Waals surface area contributed by atoms with Gasteiger partial charge in [0.05, 0.1) is 25.3 Å². The summed E-state index contributed by atoms with van der Waals surface area (Å²) in [5, 5.41) is 11.9. The van der Waals surface area contributed by atoms with Gasteiger partial charge in [0.2, 0.25) is 5.78 Å². The van der Waals surface area contributed by atoms with Crippen molar-refractivity contribution in [1.82, 2.24) is 4.90 Å². The molecule has 5 aromatic rings. The first-order valence-corrected chi connectivity index (χ1v) is 14.8. The zero-order chi connectivity index (χ0) is 31.3. The summed E-state index contributed by atoms with van der Waals surface area (Å²) < 4.78 is 23.4. The van der Waals surface area contributed by atoms with Gasteiger partial charge in [-0.25, -0.2) is 0 Å². The molecule has 2 heterocycles. The summed E-state index contributed by atoms with van der Waals surface area (Å²) in [5.74, 6) is -0.368. The van der Waals surface area contributed by atoms with Gasteiger partial charge in [-0.05, 0) is 54.3 Å². The van der Waals surface area contributed by atoms with Crippen LogP contribution in [0.25, 0.3) is 11.0 Å². The fourth-order valence-electron chi connectivity index (χ4n) is 5.62. The number of methoxy groups -OCH3 is 1. The minimum atomic E-state index is -0.897. The Balaban J connectivity index is 1.39. The number of carbonyl (C=O) groups excluding carboxylic acids is 2. The third-order valence-electron chi connectivity index (χ3n) is 7.80. The predicted molar refractivity (Wildman–Crippen MR) is 170 cm³/mol. The van der Waals surface area contributed by atoms with Crippen LogP contribution >= 0.6 is 0 Å². The van der Waals surface area contributed by atoms with Crippen molar-refractivity contribution >= 4 is 22.7 Å². The summed E-state index contributed by atoms with van der Waals surface area (Å²) in [4.78, 5) is 29.3. The van der Waals surface area contributed by atoms with Crippen molar-refractivity contribution < 1.29 is 33.3 Å². The summed E-state index contributed by atoms with van der Waals surface area (Å²) in [6, 6.07) is 30.9. The lowest BCUT2D eigenvalue weighted by Crippen LogP contribution is -2.33. The minimum absolute atomic E-state index is 0.00777. The lowest BCUT2D eigenvalue weighted by atomic mass is 9.94. The van der Waals surface area contributed by atoms with Gasteiger partial charge in [-0.2, -0.15) is 0 Å². The second-order valence-electron chi connectivity index (χ2n) is 10.6. The van der Waals surface area contributed by atoms with Gasteiger partial charge < -0.3 is 28.6 Å². The van der Waals surface area contributed by atoms with Crippen molar-refractivity contribution in [2.24, 2.45) is 0 Å². The molecule has 1 aliphatic heterocycles. The molecule has 6 rings (SSSR count). The van der Waals surface area contributed by atoms with Crippen LogP contribution < -0.4 is 14.2 Å². The number of fused-ring (bicyclic) bond motifs is 1. The van der Waals surface area contributed by atoms with E-state index >= 15 is 0 Å². The number of hydrogen-bond acceptors (Lipinski definition) is 7. The summed E-state index contributed by atoms with van der Waals surface area (Å²) in [7, 11) is 1.52. The Morgan fingerprint density at radius 3 is 2.29 bits per heavy atom. The van der Waals surface area contributed by atoms with Crippen LogP contribution in [0.4, 0.5) is 0 Å². The fourth-order valence-corrected chi connectivity index (χ4v) is 5.62. The number of furan rings is 1. The van der Waals surface area contributed by atoms with Crippen LogP contribution in [0, 0.1) is 0 Å². The number of benzene rings is 4. The lowest BCUT2D eigenvalue weighted by Gasteiger charge is -2.27. The van der Waals surface area contributed by atoms with Crippen molar-refractivity contribution in [2.45, 2.75) is 26.0 Å². The van der Waals surface area contributed by atoms with E-state index in [1.807, 2.05) is 67.6 Å². The zero-order valence-electron chi connectivity index (χ0n) is 25.1. The molecule has 0 saturated carbocycles. The molecule has 8 heteroatoms. The number of aliphatic hydroxyl groups excluding tert-OH is 1. The third kappa shape index (κ3) is 5.99. The van der Waals surface area contributed by atoms with Gasteiger partial charge in [-0.3, -0.25) is 9.59 Å². The van der Waals surface area contributed by atoms with Crippen LogP contribution in [-0.2, 0) is 17.8 Å². The van der Waals surface area contributed by atoms with Gasteiger partial charge in [-0.1, -0.05) is 78.9 Å². The summed E-state index contributed by atoms with van der Waals surface area (Å²) in [5.41, 5.74) is 2.95. The van der Waals surface area contributed by atoms with Gasteiger partial charge >= 0.3 is 0 Å². The molecule has 1 atom stereocenters. The molecule has 1 aromatic heterocycles. The quantitative estimate of drug-likeness (QED) is 0.150. The third-order valence-corrected chi connectivity index (χ3v) is 7.80. The van der Waals surface area contributed by atoms with Gasteiger partial charge in [0.25, 0.3) is 5.91 Å². The molecule has 8 nitrogen and oxygen atoms in total. The van der Waals surface area contributed by atoms with E-state index in [4.69, 9.17) is 18.6 Å². The smallest absolute Gasteiger partial charge is 0.290 e. The van der Waals surface area contributed by atoms with Crippen molar-refractivity contribution in [3.05, 3.63) is 137 Å². The number of ether oxygens (including phenoxy) is 3. The molecule has 0 spiro atoms. The normalized spacial score (nSPS) is 14.7. The van der Waals surface area contributed by atoms with E-state index in [1.165, 1.54) is 12.0 Å². The highest BCUT2D eigenvalue weighted by molar-refractivity contribution is 6.16. The van der Waals surface area contributed by atoms with Gasteiger partial charge in [0.15, 0.2) is 34.4 Å². The Labute approximate surface area is 261 Å². The number of nitrogens with zero attached hydrogens (tertiary/aromatic N) is 1. The summed E-state index contributed by atoms with van der Waals surface area (Å²) in [6.07, 6.45) is 0.524. The van der Waals surface area contributed by atoms with Crippen molar-refractivity contribution in [2.75, 3.05) is 20.3 Å². The topological polar surface area (TPSA) is 98.4 Å². The predicted octanol–water partition coefficient (Wildman–Crippen LogP) is 7.24. The first-order chi connectivity index (χ1) is 22.0. The van der Waals surface area contributed by atoms with Crippen molar-refractivity contribution in [1.29, 1.82) is 0 Å². The van der Waals surface area contributed by atoms with Gasteiger partial charge in [0, 0.05) is 11.9 Å². The van der Waals surface area contributed by atoms with Crippen LogP contribution in [-0.4, -0.2) is 42.0 Å². The van der Waals surface area contributed by atoms with E-state index in [1.54, 1.807) is 42.5 Å². The molecule has 0 bridgehead atoms. The van der Waals surface area contributed by atoms with E-state index < -0.39 is 23.5 Å². The second kappa shape index (κ2) is 13.0. The zero-order valence-corrected chi connectivity index (χ0v) is 25.1. The van der Waals surface area contributed by atoms with Crippen LogP contribution in [0.2, 0.25) is 0 Å². The maximum atomic E-state index is 14.1. The fraction of sp³-hybridized carbons (Fsp3) is 0.189. The van der Waals surface area contributed by atoms with E-state index in [2.05, 4.69) is 0 Å². The maximum Gasteiger partial charge on any atom is 0.290 e. The Morgan fingerprint density at radius 2 is 1.58 bits per heavy atom. The molecule has 0 fully saturated rings. The molecule has 228 valence electrons. The Kier molecular flexibility index (Phi) is 8.55. The second-order valence-corrected chi connectivity index (χ2v) is 10.6. The van der Waals surface area contributed by atoms with Crippen LogP contribution in [0.5, 0.6) is 17.2 Å². The highest BCUT2D eigenvalue weighted by Gasteiger charge is 2.44. The Bertz CT molecular complexity index is 1860. The molecule has 1 N–H and O–H groups in total. The Hall–Kier alpha value is -5.50. The summed E-state index contributed by atoms with van der Waals surface area (Å²) >= 11 is 0. The number of ketones is 1. The standard InChI is InChI=1S/C37H33NO7/c1-3-43-30-21-26(17-18-28(30)44-23-25-13-8-5-9-14-25)33-32(34(39)31-22-27-15-10-16-29(42-2)36(27)45-31)35(40)37(41)38(33)20-19-24-11-6-4-7-12-24/h4-18,21-22,33,40H,3,19-20,23H2,1-2H3. The number of para-hydroxylation sites is 1. The SMILES string of the molecule is CCOc1cc(C2C(C(=O)c3cc4cccc(OC)c4o3)=C(O)C(=O)N2CCc2ccccc2)ccc1OCc1ccccc1. The first kappa shape index (κ1) is 29.6. The maximum absolute atomic E-state index is 14.1.